The predicted octanol–water partition coefficient (Wildman–Crippen LogP) is 1.14. The van der Waals surface area contributed by atoms with E-state index < -0.39 is 10.0 Å². The molecule has 0 aliphatic heterocycles. The van der Waals surface area contributed by atoms with E-state index in [-0.39, 0.29) is 0 Å². The van der Waals surface area contributed by atoms with Crippen molar-refractivity contribution in [1.29, 1.82) is 0 Å². The Morgan fingerprint density at radius 1 is 1.53 bits per heavy atom. The fourth-order valence-corrected chi connectivity index (χ4v) is 2.35. The Kier molecular flexibility index (Phi) is 4.91. The molecule has 0 aliphatic carbocycles. The number of hydrogen-bond donors (Lipinski definition) is 1. The molecule has 1 heterocycles. The fraction of sp³-hybridized carbons (Fsp3) is 0.500. The van der Waals surface area contributed by atoms with Crippen LogP contribution >= 0.6 is 15.9 Å². The van der Waals surface area contributed by atoms with Gasteiger partial charge in [0.05, 0.1) is 6.26 Å². The molecule has 1 rings (SSSR count). The number of anilines is 1. The van der Waals surface area contributed by atoms with Crippen molar-refractivity contribution in [3.8, 4) is 0 Å². The van der Waals surface area contributed by atoms with Crippen LogP contribution in [-0.2, 0) is 10.0 Å². The lowest BCUT2D eigenvalue weighted by Crippen LogP contribution is -2.32. The summed E-state index contributed by atoms with van der Waals surface area (Å²) in [6.45, 7) is 2.91. The van der Waals surface area contributed by atoms with Crippen molar-refractivity contribution in [2.75, 3.05) is 31.3 Å². The first-order valence-corrected chi connectivity index (χ1v) is 7.76. The summed E-state index contributed by atoms with van der Waals surface area (Å²) in [4.78, 5) is 6.21. The lowest BCUT2D eigenvalue weighted by molar-refractivity contribution is 0.587. The largest absolute Gasteiger partial charge is 0.358 e. The third kappa shape index (κ3) is 5.01. The van der Waals surface area contributed by atoms with E-state index >= 15 is 0 Å². The van der Waals surface area contributed by atoms with Gasteiger partial charge in [0, 0.05) is 30.8 Å². The number of aryl methyl sites for hydroxylation is 1. The Balaban J connectivity index is 2.61. The van der Waals surface area contributed by atoms with Crippen LogP contribution in [0.4, 0.5) is 5.82 Å². The van der Waals surface area contributed by atoms with Crippen LogP contribution in [0.3, 0.4) is 0 Å². The number of halogens is 1. The van der Waals surface area contributed by atoms with Gasteiger partial charge in [-0.15, -0.1) is 0 Å². The number of rotatable bonds is 5. The van der Waals surface area contributed by atoms with Gasteiger partial charge in [-0.2, -0.15) is 0 Å². The van der Waals surface area contributed by atoms with E-state index in [2.05, 4.69) is 25.6 Å². The molecule has 0 spiro atoms. The Labute approximate surface area is 110 Å². The Hall–Kier alpha value is -0.660. The molecule has 0 aromatic carbocycles. The van der Waals surface area contributed by atoms with E-state index in [0.29, 0.717) is 13.1 Å². The zero-order valence-corrected chi connectivity index (χ0v) is 12.5. The van der Waals surface area contributed by atoms with Crippen molar-refractivity contribution in [2.45, 2.75) is 6.92 Å². The van der Waals surface area contributed by atoms with Crippen molar-refractivity contribution in [3.05, 3.63) is 22.3 Å². The maximum Gasteiger partial charge on any atom is 0.208 e. The summed E-state index contributed by atoms with van der Waals surface area (Å²) in [6, 6.07) is 1.98. The van der Waals surface area contributed by atoms with Gasteiger partial charge in [-0.1, -0.05) is 0 Å². The van der Waals surface area contributed by atoms with Crippen LogP contribution in [-0.4, -0.2) is 39.8 Å². The third-order valence-electron chi connectivity index (χ3n) is 2.19. The first-order chi connectivity index (χ1) is 7.79. The molecule has 0 unspecified atom stereocenters. The molecule has 0 atom stereocenters. The maximum atomic E-state index is 10.9. The summed E-state index contributed by atoms with van der Waals surface area (Å²) in [5.41, 5.74) is 1.04. The lowest BCUT2D eigenvalue weighted by Gasteiger charge is -2.20. The molecule has 96 valence electrons. The number of nitrogens with one attached hydrogen (secondary N) is 1. The molecule has 1 aromatic heterocycles. The van der Waals surface area contributed by atoms with E-state index in [1.165, 1.54) is 0 Å². The molecule has 0 amide bonds. The van der Waals surface area contributed by atoms with Crippen LogP contribution < -0.4 is 9.62 Å². The second-order valence-corrected chi connectivity index (χ2v) is 6.63. The van der Waals surface area contributed by atoms with Gasteiger partial charge in [-0.25, -0.2) is 18.1 Å². The minimum Gasteiger partial charge on any atom is -0.358 e. The van der Waals surface area contributed by atoms with Gasteiger partial charge in [-0.05, 0) is 34.5 Å². The van der Waals surface area contributed by atoms with Crippen molar-refractivity contribution in [1.82, 2.24) is 9.71 Å². The highest BCUT2D eigenvalue weighted by molar-refractivity contribution is 9.10. The molecule has 7 heteroatoms. The standard InChI is InChI=1S/C10H16BrN3O2S/c1-8-6-9(11)7-12-10(8)14(2)5-4-13-17(3,15)16/h6-7,13H,4-5H2,1-3H3. The van der Waals surface area contributed by atoms with Crippen LogP contribution in [0.1, 0.15) is 5.56 Å². The highest BCUT2D eigenvalue weighted by Crippen LogP contribution is 2.19. The summed E-state index contributed by atoms with van der Waals surface area (Å²) in [5.74, 6) is 0.850. The fourth-order valence-electron chi connectivity index (χ4n) is 1.44. The minimum atomic E-state index is -3.12. The van der Waals surface area contributed by atoms with Gasteiger partial charge < -0.3 is 4.90 Å². The zero-order chi connectivity index (χ0) is 13.1. The Bertz CT molecular complexity index is 490. The molecule has 0 saturated carbocycles. The average molecular weight is 322 g/mol. The molecular formula is C10H16BrN3O2S. The first-order valence-electron chi connectivity index (χ1n) is 5.07. The lowest BCUT2D eigenvalue weighted by atomic mass is 10.3. The van der Waals surface area contributed by atoms with Crippen molar-refractivity contribution in [2.24, 2.45) is 0 Å². The topological polar surface area (TPSA) is 62.3 Å². The Morgan fingerprint density at radius 3 is 2.71 bits per heavy atom. The second-order valence-electron chi connectivity index (χ2n) is 3.88. The van der Waals surface area contributed by atoms with Gasteiger partial charge in [0.2, 0.25) is 10.0 Å². The highest BCUT2D eigenvalue weighted by Gasteiger charge is 2.07. The monoisotopic (exact) mass is 321 g/mol. The molecule has 0 fully saturated rings. The SMILES string of the molecule is Cc1cc(Br)cnc1N(C)CCNS(C)(=O)=O. The van der Waals surface area contributed by atoms with Crippen molar-refractivity contribution in [3.63, 3.8) is 0 Å². The van der Waals surface area contributed by atoms with E-state index in [4.69, 9.17) is 0 Å². The van der Waals surface area contributed by atoms with Crippen molar-refractivity contribution < 1.29 is 8.42 Å². The molecule has 0 bridgehead atoms. The van der Waals surface area contributed by atoms with E-state index in [9.17, 15) is 8.42 Å². The molecule has 0 radical (unpaired) electrons. The van der Waals surface area contributed by atoms with Crippen molar-refractivity contribution >= 4 is 31.8 Å². The normalized spacial score (nSPS) is 11.5. The number of nitrogens with zero attached hydrogens (tertiary/aromatic N) is 2. The number of aromatic nitrogens is 1. The number of likely N-dealkylation sites (N-methyl/N-ethyl adjacent to an activating group) is 1. The van der Waals surface area contributed by atoms with Crippen LogP contribution in [0.15, 0.2) is 16.7 Å². The van der Waals surface area contributed by atoms with Gasteiger partial charge in [0.1, 0.15) is 5.82 Å². The molecule has 1 aromatic rings. The number of sulfonamides is 1. The van der Waals surface area contributed by atoms with Crippen LogP contribution in [0.25, 0.3) is 0 Å². The summed E-state index contributed by atoms with van der Waals surface area (Å²) >= 11 is 3.35. The zero-order valence-electron chi connectivity index (χ0n) is 10.1. The number of pyridine rings is 1. The van der Waals surface area contributed by atoms with Crippen LogP contribution in [0.2, 0.25) is 0 Å². The molecule has 1 N–H and O–H groups in total. The summed E-state index contributed by atoms with van der Waals surface area (Å²) in [6.07, 6.45) is 2.87. The molecule has 0 saturated heterocycles. The minimum absolute atomic E-state index is 0.368. The predicted molar refractivity (Wildman–Crippen MR) is 72.8 cm³/mol. The third-order valence-corrected chi connectivity index (χ3v) is 3.35. The van der Waals surface area contributed by atoms with Crippen LogP contribution in [0.5, 0.6) is 0 Å². The quantitative estimate of drug-likeness (QED) is 0.883. The molecule has 17 heavy (non-hydrogen) atoms. The smallest absolute Gasteiger partial charge is 0.208 e. The van der Waals surface area contributed by atoms with Gasteiger partial charge >= 0.3 is 0 Å². The highest BCUT2D eigenvalue weighted by atomic mass is 79.9. The van der Waals surface area contributed by atoms with Crippen LogP contribution in [0, 0.1) is 6.92 Å². The average Bonchev–Trinajstić information content (AvgIpc) is 2.15. The molecular weight excluding hydrogens is 306 g/mol. The summed E-state index contributed by atoms with van der Waals surface area (Å²) in [5, 5.41) is 0. The molecule has 5 nitrogen and oxygen atoms in total. The maximum absolute atomic E-state index is 10.9. The van der Waals surface area contributed by atoms with E-state index in [1.807, 2.05) is 24.9 Å². The van der Waals surface area contributed by atoms with Gasteiger partial charge in [-0.3, -0.25) is 0 Å². The van der Waals surface area contributed by atoms with E-state index in [1.54, 1.807) is 6.20 Å². The van der Waals surface area contributed by atoms with Gasteiger partial charge in [0.15, 0.2) is 0 Å². The van der Waals surface area contributed by atoms with E-state index in [0.717, 1.165) is 22.1 Å². The first kappa shape index (κ1) is 14.4. The number of hydrogen-bond acceptors (Lipinski definition) is 4. The summed E-state index contributed by atoms with van der Waals surface area (Å²) in [7, 11) is -1.24. The summed E-state index contributed by atoms with van der Waals surface area (Å²) < 4.78 is 25.2. The molecule has 0 aliphatic rings. The second kappa shape index (κ2) is 5.79. The Morgan fingerprint density at radius 2 is 2.18 bits per heavy atom. The van der Waals surface area contributed by atoms with Gasteiger partial charge in [0.25, 0.3) is 0 Å².